The van der Waals surface area contributed by atoms with E-state index < -0.39 is 11.7 Å². The molecule has 4 nitrogen and oxygen atoms in total. The Hall–Kier alpha value is -2.40. The van der Waals surface area contributed by atoms with Gasteiger partial charge in [-0.25, -0.2) is 9.87 Å². The van der Waals surface area contributed by atoms with Gasteiger partial charge in [0.05, 0.1) is 19.3 Å². The summed E-state index contributed by atoms with van der Waals surface area (Å²) in [6.45, 7) is 0.226. The highest BCUT2D eigenvalue weighted by Crippen LogP contribution is 2.19. The molecule has 104 valence electrons. The van der Waals surface area contributed by atoms with Gasteiger partial charge in [0.15, 0.2) is 0 Å². The molecule has 0 saturated heterocycles. The molecule has 2 aromatic carbocycles. The van der Waals surface area contributed by atoms with Gasteiger partial charge in [-0.3, -0.25) is 9.63 Å². The topological polar surface area (TPSA) is 47.6 Å². The van der Waals surface area contributed by atoms with Crippen LogP contribution in [-0.4, -0.2) is 13.0 Å². The van der Waals surface area contributed by atoms with Crippen LogP contribution in [0.15, 0.2) is 48.5 Å². The van der Waals surface area contributed by atoms with Crippen molar-refractivity contribution in [1.29, 1.82) is 0 Å². The Morgan fingerprint density at radius 1 is 1.20 bits per heavy atom. The molecule has 2 aromatic rings. The number of halogens is 1. The Morgan fingerprint density at radius 3 is 2.65 bits per heavy atom. The van der Waals surface area contributed by atoms with E-state index in [9.17, 15) is 9.18 Å². The minimum absolute atomic E-state index is 0.0839. The molecule has 0 spiro atoms. The second-order valence-electron chi connectivity index (χ2n) is 4.05. The molecule has 0 aromatic heterocycles. The van der Waals surface area contributed by atoms with E-state index in [1.165, 1.54) is 19.2 Å². The van der Waals surface area contributed by atoms with Gasteiger partial charge in [-0.2, -0.15) is 0 Å². The fourth-order valence-corrected chi connectivity index (χ4v) is 1.67. The lowest BCUT2D eigenvalue weighted by atomic mass is 10.2. The molecule has 0 heterocycles. The summed E-state index contributed by atoms with van der Waals surface area (Å²) >= 11 is 0. The number of hydroxylamine groups is 1. The third-order valence-corrected chi connectivity index (χ3v) is 2.65. The van der Waals surface area contributed by atoms with E-state index in [-0.39, 0.29) is 17.9 Å². The molecular weight excluding hydrogens is 261 g/mol. The number of hydrogen-bond acceptors (Lipinski definition) is 3. The Morgan fingerprint density at radius 2 is 1.95 bits per heavy atom. The van der Waals surface area contributed by atoms with Crippen LogP contribution in [0.5, 0.6) is 5.75 Å². The van der Waals surface area contributed by atoms with Gasteiger partial charge in [0.1, 0.15) is 11.6 Å². The van der Waals surface area contributed by atoms with Crippen molar-refractivity contribution < 1.29 is 18.8 Å². The van der Waals surface area contributed by atoms with Crippen LogP contribution in [0.2, 0.25) is 0 Å². The summed E-state index contributed by atoms with van der Waals surface area (Å²) in [4.78, 5) is 17.0. The standard InChI is InChI=1S/C15H14FNO3/c1-19-14-8-7-12(16)9-13(14)15(18)17-20-10-11-5-3-2-4-6-11/h2-9H,10H2,1H3,(H,17,18). The minimum atomic E-state index is -0.558. The summed E-state index contributed by atoms with van der Waals surface area (Å²) in [6, 6.07) is 13.1. The average Bonchev–Trinajstić information content (AvgIpc) is 2.48. The first-order valence-corrected chi connectivity index (χ1v) is 6.00. The number of carbonyl (C=O) groups is 1. The zero-order valence-electron chi connectivity index (χ0n) is 10.9. The molecule has 0 unspecified atom stereocenters. The predicted molar refractivity (Wildman–Crippen MR) is 71.6 cm³/mol. The molecule has 0 aliphatic heterocycles. The lowest BCUT2D eigenvalue weighted by Gasteiger charge is -2.09. The van der Waals surface area contributed by atoms with E-state index in [0.717, 1.165) is 11.6 Å². The number of ether oxygens (including phenoxy) is 1. The normalized spacial score (nSPS) is 10.1. The van der Waals surface area contributed by atoms with Gasteiger partial charge >= 0.3 is 0 Å². The van der Waals surface area contributed by atoms with Gasteiger partial charge in [-0.05, 0) is 23.8 Å². The first-order chi connectivity index (χ1) is 9.70. The zero-order chi connectivity index (χ0) is 14.4. The van der Waals surface area contributed by atoms with Crippen LogP contribution < -0.4 is 10.2 Å². The highest BCUT2D eigenvalue weighted by atomic mass is 19.1. The monoisotopic (exact) mass is 275 g/mol. The number of rotatable bonds is 5. The van der Waals surface area contributed by atoms with Crippen molar-refractivity contribution in [3.05, 3.63) is 65.5 Å². The van der Waals surface area contributed by atoms with Gasteiger partial charge in [0.2, 0.25) is 0 Å². The molecular formula is C15H14FNO3. The van der Waals surface area contributed by atoms with Crippen molar-refractivity contribution in [2.45, 2.75) is 6.61 Å². The maximum atomic E-state index is 13.2. The van der Waals surface area contributed by atoms with Crippen LogP contribution in [0.3, 0.4) is 0 Å². The Labute approximate surface area is 116 Å². The number of carbonyl (C=O) groups excluding carboxylic acids is 1. The van der Waals surface area contributed by atoms with Crippen LogP contribution in [0.1, 0.15) is 15.9 Å². The molecule has 0 bridgehead atoms. The quantitative estimate of drug-likeness (QED) is 0.853. The van der Waals surface area contributed by atoms with Crippen LogP contribution in [0, 0.1) is 5.82 Å². The Bertz CT molecular complexity index is 587. The molecule has 1 amide bonds. The molecule has 5 heteroatoms. The van der Waals surface area contributed by atoms with Gasteiger partial charge in [-0.15, -0.1) is 0 Å². The predicted octanol–water partition coefficient (Wildman–Crippen LogP) is 2.70. The van der Waals surface area contributed by atoms with Crippen molar-refractivity contribution >= 4 is 5.91 Å². The molecule has 1 N–H and O–H groups in total. The van der Waals surface area contributed by atoms with E-state index in [1.54, 1.807) is 0 Å². The van der Waals surface area contributed by atoms with Crippen molar-refractivity contribution in [2.24, 2.45) is 0 Å². The van der Waals surface area contributed by atoms with E-state index in [0.29, 0.717) is 0 Å². The van der Waals surface area contributed by atoms with E-state index in [4.69, 9.17) is 9.57 Å². The van der Waals surface area contributed by atoms with Crippen LogP contribution in [0.4, 0.5) is 4.39 Å². The van der Waals surface area contributed by atoms with Crippen molar-refractivity contribution in [1.82, 2.24) is 5.48 Å². The summed E-state index contributed by atoms with van der Waals surface area (Å²) in [5.74, 6) is -0.788. The van der Waals surface area contributed by atoms with Crippen molar-refractivity contribution in [2.75, 3.05) is 7.11 Å². The Kier molecular flexibility index (Phi) is 4.68. The lowest BCUT2D eigenvalue weighted by molar-refractivity contribution is 0.0231. The maximum absolute atomic E-state index is 13.2. The average molecular weight is 275 g/mol. The molecule has 0 radical (unpaired) electrons. The molecule has 2 rings (SSSR count). The number of methoxy groups -OCH3 is 1. The molecule has 0 atom stereocenters. The summed E-state index contributed by atoms with van der Waals surface area (Å²) in [6.07, 6.45) is 0. The largest absolute Gasteiger partial charge is 0.496 e. The van der Waals surface area contributed by atoms with Crippen molar-refractivity contribution in [3.8, 4) is 5.75 Å². The third-order valence-electron chi connectivity index (χ3n) is 2.65. The minimum Gasteiger partial charge on any atom is -0.496 e. The molecule has 0 aliphatic rings. The lowest BCUT2D eigenvalue weighted by Crippen LogP contribution is -2.24. The zero-order valence-corrected chi connectivity index (χ0v) is 10.9. The number of hydrogen-bond donors (Lipinski definition) is 1. The number of nitrogens with one attached hydrogen (secondary N) is 1. The second kappa shape index (κ2) is 6.68. The van der Waals surface area contributed by atoms with E-state index in [1.807, 2.05) is 30.3 Å². The first-order valence-electron chi connectivity index (χ1n) is 6.00. The third kappa shape index (κ3) is 3.55. The van der Waals surface area contributed by atoms with Crippen LogP contribution >= 0.6 is 0 Å². The van der Waals surface area contributed by atoms with Crippen LogP contribution in [0.25, 0.3) is 0 Å². The summed E-state index contributed by atoms with van der Waals surface area (Å²) < 4.78 is 18.2. The molecule has 0 fully saturated rings. The van der Waals surface area contributed by atoms with Gasteiger partial charge < -0.3 is 4.74 Å². The molecule has 0 saturated carbocycles. The van der Waals surface area contributed by atoms with Crippen molar-refractivity contribution in [3.63, 3.8) is 0 Å². The first kappa shape index (κ1) is 14.0. The SMILES string of the molecule is COc1ccc(F)cc1C(=O)NOCc1ccccc1. The number of amides is 1. The smallest absolute Gasteiger partial charge is 0.278 e. The summed E-state index contributed by atoms with van der Waals surface area (Å²) in [7, 11) is 1.41. The van der Waals surface area contributed by atoms with E-state index >= 15 is 0 Å². The van der Waals surface area contributed by atoms with Gasteiger partial charge in [0, 0.05) is 0 Å². The van der Waals surface area contributed by atoms with Crippen LogP contribution in [-0.2, 0) is 11.4 Å². The summed E-state index contributed by atoms with van der Waals surface area (Å²) in [5.41, 5.74) is 3.26. The molecule has 20 heavy (non-hydrogen) atoms. The van der Waals surface area contributed by atoms with Gasteiger partial charge in [-0.1, -0.05) is 30.3 Å². The summed E-state index contributed by atoms with van der Waals surface area (Å²) in [5, 5.41) is 0. The second-order valence-corrected chi connectivity index (χ2v) is 4.05. The fraction of sp³-hybridized carbons (Fsp3) is 0.133. The number of benzene rings is 2. The highest BCUT2D eigenvalue weighted by Gasteiger charge is 2.13. The highest BCUT2D eigenvalue weighted by molar-refractivity contribution is 5.96. The maximum Gasteiger partial charge on any atom is 0.278 e. The molecule has 0 aliphatic carbocycles. The fourth-order valence-electron chi connectivity index (χ4n) is 1.67. The van der Waals surface area contributed by atoms with Gasteiger partial charge in [0.25, 0.3) is 5.91 Å². The van der Waals surface area contributed by atoms with E-state index in [2.05, 4.69) is 5.48 Å². The Balaban J connectivity index is 1.97.